The Balaban J connectivity index is 1.85. The van der Waals surface area contributed by atoms with Crippen LogP contribution in [0.15, 0.2) is 54.7 Å². The van der Waals surface area contributed by atoms with Crippen molar-refractivity contribution in [3.8, 4) is 11.8 Å². The number of aromatic nitrogens is 1. The number of anilines is 1. The van der Waals surface area contributed by atoms with Gasteiger partial charge >= 0.3 is 0 Å². The third kappa shape index (κ3) is 2.63. The molecule has 0 aliphatic rings. The number of nitrogens with zero attached hydrogens (tertiary/aromatic N) is 2. The molecule has 3 rings (SSSR count). The monoisotopic (exact) mass is 275 g/mol. The van der Waals surface area contributed by atoms with Crippen LogP contribution in [-0.4, -0.2) is 4.98 Å². The number of fused-ring (bicyclic) bond motifs is 1. The highest BCUT2D eigenvalue weighted by atomic mass is 16.5. The van der Waals surface area contributed by atoms with Gasteiger partial charge < -0.3 is 10.5 Å². The highest BCUT2D eigenvalue weighted by Gasteiger charge is 2.06. The maximum atomic E-state index is 8.78. The second-order valence-corrected chi connectivity index (χ2v) is 4.65. The number of pyridine rings is 1. The number of rotatable bonds is 3. The van der Waals surface area contributed by atoms with Crippen LogP contribution >= 0.6 is 0 Å². The number of hydrogen-bond donors (Lipinski definition) is 1. The smallest absolute Gasteiger partial charge is 0.129 e. The molecular formula is C17H13N3O. The third-order valence-electron chi connectivity index (χ3n) is 3.24. The van der Waals surface area contributed by atoms with E-state index in [0.717, 1.165) is 22.2 Å². The Labute approximate surface area is 122 Å². The fraction of sp³-hybridized carbons (Fsp3) is 0.0588. The molecular weight excluding hydrogens is 262 g/mol. The fourth-order valence-corrected chi connectivity index (χ4v) is 2.13. The highest BCUT2D eigenvalue weighted by molar-refractivity contribution is 5.93. The van der Waals surface area contributed by atoms with E-state index >= 15 is 0 Å². The lowest BCUT2D eigenvalue weighted by Gasteiger charge is -2.10. The summed E-state index contributed by atoms with van der Waals surface area (Å²) >= 11 is 0. The van der Waals surface area contributed by atoms with Crippen molar-refractivity contribution in [1.82, 2.24) is 4.98 Å². The summed E-state index contributed by atoms with van der Waals surface area (Å²) in [4.78, 5) is 4.28. The molecule has 0 amide bonds. The predicted octanol–water partition coefficient (Wildman–Crippen LogP) is 3.27. The maximum Gasteiger partial charge on any atom is 0.129 e. The first-order valence-electron chi connectivity index (χ1n) is 6.53. The standard InChI is InChI=1S/C17H13N3O/c18-10-12-3-5-13(6-4-12)11-21-16-8-7-15(19)17-14(16)2-1-9-20-17/h1-9H,11,19H2. The zero-order valence-corrected chi connectivity index (χ0v) is 11.3. The highest BCUT2D eigenvalue weighted by Crippen LogP contribution is 2.28. The van der Waals surface area contributed by atoms with Crippen molar-refractivity contribution in [3.05, 3.63) is 65.9 Å². The third-order valence-corrected chi connectivity index (χ3v) is 3.24. The van der Waals surface area contributed by atoms with Gasteiger partial charge in [0.05, 0.1) is 22.8 Å². The molecule has 4 nitrogen and oxygen atoms in total. The van der Waals surface area contributed by atoms with Gasteiger partial charge in [0.15, 0.2) is 0 Å². The zero-order valence-electron chi connectivity index (χ0n) is 11.3. The molecule has 0 unspecified atom stereocenters. The lowest BCUT2D eigenvalue weighted by molar-refractivity contribution is 0.310. The van der Waals surface area contributed by atoms with Crippen LogP contribution in [0.25, 0.3) is 10.9 Å². The van der Waals surface area contributed by atoms with E-state index < -0.39 is 0 Å². The average Bonchev–Trinajstić information content (AvgIpc) is 2.55. The molecule has 0 bridgehead atoms. The van der Waals surface area contributed by atoms with Gasteiger partial charge in [-0.15, -0.1) is 0 Å². The molecule has 3 aromatic rings. The molecule has 0 saturated carbocycles. The lowest BCUT2D eigenvalue weighted by Crippen LogP contribution is -1.98. The normalized spacial score (nSPS) is 10.2. The largest absolute Gasteiger partial charge is 0.488 e. The van der Waals surface area contributed by atoms with Crippen molar-refractivity contribution < 1.29 is 4.74 Å². The van der Waals surface area contributed by atoms with Gasteiger partial charge in [-0.05, 0) is 42.0 Å². The maximum absolute atomic E-state index is 8.78. The fourth-order valence-electron chi connectivity index (χ4n) is 2.13. The molecule has 0 atom stereocenters. The summed E-state index contributed by atoms with van der Waals surface area (Å²) in [5.41, 5.74) is 8.94. The van der Waals surface area contributed by atoms with E-state index in [-0.39, 0.29) is 0 Å². The van der Waals surface area contributed by atoms with Crippen LogP contribution in [0.3, 0.4) is 0 Å². The molecule has 4 heteroatoms. The molecule has 0 radical (unpaired) electrons. The Morgan fingerprint density at radius 1 is 1.10 bits per heavy atom. The number of nitrogens with two attached hydrogens (primary N) is 1. The van der Waals surface area contributed by atoms with Gasteiger partial charge in [-0.3, -0.25) is 4.98 Å². The number of nitriles is 1. The minimum atomic E-state index is 0.430. The van der Waals surface area contributed by atoms with Crippen molar-refractivity contribution in [2.45, 2.75) is 6.61 Å². The first-order valence-corrected chi connectivity index (χ1v) is 6.53. The number of benzene rings is 2. The average molecular weight is 275 g/mol. The van der Waals surface area contributed by atoms with E-state index in [9.17, 15) is 0 Å². The Kier molecular flexibility index (Phi) is 3.40. The van der Waals surface area contributed by atoms with Crippen LogP contribution in [0.4, 0.5) is 5.69 Å². The molecule has 0 spiro atoms. The molecule has 21 heavy (non-hydrogen) atoms. The van der Waals surface area contributed by atoms with Crippen LogP contribution in [0.5, 0.6) is 5.75 Å². The van der Waals surface area contributed by atoms with Crippen LogP contribution in [0, 0.1) is 11.3 Å². The number of nitrogen functional groups attached to an aromatic ring is 1. The van der Waals surface area contributed by atoms with Gasteiger partial charge in [0.2, 0.25) is 0 Å². The van der Waals surface area contributed by atoms with Gasteiger partial charge in [-0.25, -0.2) is 0 Å². The quantitative estimate of drug-likeness (QED) is 0.745. The molecule has 1 aromatic heterocycles. The van der Waals surface area contributed by atoms with Gasteiger partial charge in [0.25, 0.3) is 0 Å². The topological polar surface area (TPSA) is 71.9 Å². The van der Waals surface area contributed by atoms with Gasteiger partial charge in [0.1, 0.15) is 12.4 Å². The predicted molar refractivity (Wildman–Crippen MR) is 81.6 cm³/mol. The van der Waals surface area contributed by atoms with Crippen molar-refractivity contribution >= 4 is 16.6 Å². The van der Waals surface area contributed by atoms with E-state index in [2.05, 4.69) is 11.1 Å². The Morgan fingerprint density at radius 2 is 1.90 bits per heavy atom. The first-order chi connectivity index (χ1) is 10.3. The number of hydrogen-bond acceptors (Lipinski definition) is 4. The molecule has 2 N–H and O–H groups in total. The van der Waals surface area contributed by atoms with Crippen molar-refractivity contribution in [2.24, 2.45) is 0 Å². The van der Waals surface area contributed by atoms with Crippen molar-refractivity contribution in [3.63, 3.8) is 0 Å². The summed E-state index contributed by atoms with van der Waals surface area (Å²) in [6.07, 6.45) is 1.71. The Morgan fingerprint density at radius 3 is 2.67 bits per heavy atom. The van der Waals surface area contributed by atoms with Gasteiger partial charge in [0, 0.05) is 11.6 Å². The summed E-state index contributed by atoms with van der Waals surface area (Å²) in [7, 11) is 0. The van der Waals surface area contributed by atoms with Gasteiger partial charge in [-0.2, -0.15) is 5.26 Å². The van der Waals surface area contributed by atoms with Crippen LogP contribution in [0.1, 0.15) is 11.1 Å². The summed E-state index contributed by atoms with van der Waals surface area (Å²) in [5.74, 6) is 0.747. The van der Waals surface area contributed by atoms with Crippen LogP contribution < -0.4 is 10.5 Å². The Hall–Kier alpha value is -3.06. The molecule has 1 heterocycles. The molecule has 0 saturated heterocycles. The second kappa shape index (κ2) is 5.51. The lowest BCUT2D eigenvalue weighted by atomic mass is 10.1. The van der Waals surface area contributed by atoms with E-state index in [1.807, 2.05) is 30.3 Å². The van der Waals surface area contributed by atoms with Crippen molar-refractivity contribution in [1.29, 1.82) is 5.26 Å². The summed E-state index contributed by atoms with van der Waals surface area (Å²) in [6.45, 7) is 0.430. The molecule has 0 aliphatic carbocycles. The molecule has 0 aliphatic heterocycles. The molecule has 102 valence electrons. The molecule has 2 aromatic carbocycles. The SMILES string of the molecule is N#Cc1ccc(COc2ccc(N)c3ncccc23)cc1. The summed E-state index contributed by atoms with van der Waals surface area (Å²) < 4.78 is 5.86. The first kappa shape index (κ1) is 12.9. The van der Waals surface area contributed by atoms with E-state index in [1.54, 1.807) is 24.4 Å². The second-order valence-electron chi connectivity index (χ2n) is 4.65. The van der Waals surface area contributed by atoms with Crippen molar-refractivity contribution in [2.75, 3.05) is 5.73 Å². The minimum Gasteiger partial charge on any atom is -0.488 e. The van der Waals surface area contributed by atoms with E-state index in [0.29, 0.717) is 17.9 Å². The van der Waals surface area contributed by atoms with Gasteiger partial charge in [-0.1, -0.05) is 12.1 Å². The summed E-state index contributed by atoms with van der Waals surface area (Å²) in [6, 6.07) is 16.9. The Bertz CT molecular complexity index is 820. The number of ether oxygens (including phenoxy) is 1. The van der Waals surface area contributed by atoms with E-state index in [1.165, 1.54) is 0 Å². The van der Waals surface area contributed by atoms with Crippen LogP contribution in [-0.2, 0) is 6.61 Å². The summed E-state index contributed by atoms with van der Waals surface area (Å²) in [5, 5.41) is 9.68. The van der Waals surface area contributed by atoms with Crippen LogP contribution in [0.2, 0.25) is 0 Å². The zero-order chi connectivity index (χ0) is 14.7. The molecule has 0 fully saturated rings. The van der Waals surface area contributed by atoms with E-state index in [4.69, 9.17) is 15.7 Å². The minimum absolute atomic E-state index is 0.430.